The number of esters is 1. The quantitative estimate of drug-likeness (QED) is 0.653. The third-order valence-electron chi connectivity index (χ3n) is 2.89. The summed E-state index contributed by atoms with van der Waals surface area (Å²) in [5.41, 5.74) is 0. The van der Waals surface area contributed by atoms with E-state index in [1.54, 1.807) is 7.11 Å². The number of piperidine rings is 1. The van der Waals surface area contributed by atoms with Crippen molar-refractivity contribution < 1.29 is 14.4 Å². The summed E-state index contributed by atoms with van der Waals surface area (Å²) in [7, 11) is 1.71. The lowest BCUT2D eigenvalue weighted by atomic mass is 9.93. The standard InChI is InChI=1S/C11H21NO3/c1-3-15-11(13)5-4-10-6-8-12(14-2)9-7-10/h10H,3-9H2,1-2H3. The van der Waals surface area contributed by atoms with Crippen LogP contribution in [0, 0.1) is 5.92 Å². The second-order valence-electron chi connectivity index (χ2n) is 3.90. The van der Waals surface area contributed by atoms with E-state index in [0.29, 0.717) is 18.9 Å². The summed E-state index contributed by atoms with van der Waals surface area (Å²) in [5.74, 6) is 0.590. The molecule has 1 heterocycles. The molecule has 0 aliphatic carbocycles. The van der Waals surface area contributed by atoms with Gasteiger partial charge in [-0.1, -0.05) is 0 Å². The van der Waals surface area contributed by atoms with E-state index >= 15 is 0 Å². The summed E-state index contributed by atoms with van der Waals surface area (Å²) < 4.78 is 4.90. The molecule has 0 aromatic heterocycles. The van der Waals surface area contributed by atoms with Gasteiger partial charge in [-0.25, -0.2) is 0 Å². The van der Waals surface area contributed by atoms with Crippen LogP contribution in [0.5, 0.6) is 0 Å². The van der Waals surface area contributed by atoms with Crippen molar-refractivity contribution in [3.63, 3.8) is 0 Å². The van der Waals surface area contributed by atoms with E-state index in [0.717, 1.165) is 32.4 Å². The molecule has 1 saturated heterocycles. The number of carbonyl (C=O) groups excluding carboxylic acids is 1. The monoisotopic (exact) mass is 215 g/mol. The van der Waals surface area contributed by atoms with E-state index in [9.17, 15) is 4.79 Å². The van der Waals surface area contributed by atoms with Gasteiger partial charge in [0.1, 0.15) is 0 Å². The second-order valence-corrected chi connectivity index (χ2v) is 3.90. The van der Waals surface area contributed by atoms with Gasteiger partial charge < -0.3 is 9.57 Å². The average Bonchev–Trinajstić information content (AvgIpc) is 2.27. The highest BCUT2D eigenvalue weighted by molar-refractivity contribution is 5.69. The molecule has 0 amide bonds. The molecule has 15 heavy (non-hydrogen) atoms. The number of hydroxylamine groups is 2. The Labute approximate surface area is 91.5 Å². The van der Waals surface area contributed by atoms with E-state index in [-0.39, 0.29) is 5.97 Å². The van der Waals surface area contributed by atoms with Crippen LogP contribution in [0.4, 0.5) is 0 Å². The Morgan fingerprint density at radius 1 is 1.40 bits per heavy atom. The van der Waals surface area contributed by atoms with Gasteiger partial charge in [0.15, 0.2) is 0 Å². The largest absolute Gasteiger partial charge is 0.466 e. The highest BCUT2D eigenvalue weighted by Gasteiger charge is 2.19. The normalized spacial score (nSPS) is 19.1. The maximum Gasteiger partial charge on any atom is 0.305 e. The van der Waals surface area contributed by atoms with Crippen molar-refractivity contribution >= 4 is 5.97 Å². The van der Waals surface area contributed by atoms with Crippen molar-refractivity contribution in [1.82, 2.24) is 5.06 Å². The minimum atomic E-state index is -0.0633. The lowest BCUT2D eigenvalue weighted by Crippen LogP contribution is -2.32. The summed E-state index contributed by atoms with van der Waals surface area (Å²) in [4.78, 5) is 16.3. The Morgan fingerprint density at radius 2 is 2.07 bits per heavy atom. The third kappa shape index (κ3) is 4.62. The molecule has 0 aromatic carbocycles. The zero-order chi connectivity index (χ0) is 11.1. The van der Waals surface area contributed by atoms with Crippen LogP contribution in [0.25, 0.3) is 0 Å². The fourth-order valence-electron chi connectivity index (χ4n) is 1.94. The first-order chi connectivity index (χ1) is 7.26. The minimum Gasteiger partial charge on any atom is -0.466 e. The maximum absolute atomic E-state index is 11.1. The molecule has 1 rings (SSSR count). The second kappa shape index (κ2) is 6.80. The molecule has 0 atom stereocenters. The van der Waals surface area contributed by atoms with Crippen LogP contribution >= 0.6 is 0 Å². The first-order valence-electron chi connectivity index (χ1n) is 5.71. The van der Waals surface area contributed by atoms with Gasteiger partial charge in [0, 0.05) is 19.5 Å². The van der Waals surface area contributed by atoms with Gasteiger partial charge in [-0.3, -0.25) is 4.79 Å². The van der Waals surface area contributed by atoms with E-state index in [1.807, 2.05) is 12.0 Å². The van der Waals surface area contributed by atoms with Crippen molar-refractivity contribution in [1.29, 1.82) is 0 Å². The molecule has 0 spiro atoms. The van der Waals surface area contributed by atoms with Crippen LogP contribution in [0.3, 0.4) is 0 Å². The molecule has 1 aliphatic rings. The number of carbonyl (C=O) groups is 1. The van der Waals surface area contributed by atoms with Crippen molar-refractivity contribution in [3.05, 3.63) is 0 Å². The fraction of sp³-hybridized carbons (Fsp3) is 0.909. The first kappa shape index (κ1) is 12.5. The molecule has 0 N–H and O–H groups in total. The van der Waals surface area contributed by atoms with E-state index in [2.05, 4.69) is 0 Å². The molecule has 88 valence electrons. The predicted molar refractivity (Wildman–Crippen MR) is 57.2 cm³/mol. The lowest BCUT2D eigenvalue weighted by molar-refractivity contribution is -0.150. The Kier molecular flexibility index (Phi) is 5.65. The van der Waals surface area contributed by atoms with Gasteiger partial charge in [0.05, 0.1) is 13.7 Å². The summed E-state index contributed by atoms with van der Waals surface area (Å²) in [5, 5.41) is 1.97. The van der Waals surface area contributed by atoms with Crippen molar-refractivity contribution in [2.24, 2.45) is 5.92 Å². The number of hydrogen-bond donors (Lipinski definition) is 0. The smallest absolute Gasteiger partial charge is 0.305 e. The van der Waals surface area contributed by atoms with Gasteiger partial charge in [0.25, 0.3) is 0 Å². The van der Waals surface area contributed by atoms with Gasteiger partial charge >= 0.3 is 5.97 Å². The Morgan fingerprint density at radius 3 is 2.60 bits per heavy atom. The molecule has 0 saturated carbocycles. The van der Waals surface area contributed by atoms with Gasteiger partial charge in [-0.15, -0.1) is 0 Å². The van der Waals surface area contributed by atoms with Gasteiger partial charge in [-0.05, 0) is 32.1 Å². The summed E-state index contributed by atoms with van der Waals surface area (Å²) in [6, 6.07) is 0. The molecule has 1 aliphatic heterocycles. The highest BCUT2D eigenvalue weighted by atomic mass is 16.7. The zero-order valence-electron chi connectivity index (χ0n) is 9.70. The molecule has 4 nitrogen and oxygen atoms in total. The molecule has 0 unspecified atom stereocenters. The van der Waals surface area contributed by atoms with Gasteiger partial charge in [-0.2, -0.15) is 5.06 Å². The first-order valence-corrected chi connectivity index (χ1v) is 5.71. The maximum atomic E-state index is 11.1. The van der Waals surface area contributed by atoms with E-state index in [4.69, 9.17) is 9.57 Å². The van der Waals surface area contributed by atoms with Crippen molar-refractivity contribution in [3.8, 4) is 0 Å². The molecule has 0 aromatic rings. The molecule has 0 radical (unpaired) electrons. The van der Waals surface area contributed by atoms with Crippen LogP contribution in [0.1, 0.15) is 32.6 Å². The zero-order valence-corrected chi connectivity index (χ0v) is 9.70. The topological polar surface area (TPSA) is 38.8 Å². The van der Waals surface area contributed by atoms with Crippen LogP contribution in [-0.2, 0) is 14.4 Å². The van der Waals surface area contributed by atoms with Crippen molar-refractivity contribution in [2.45, 2.75) is 32.6 Å². The average molecular weight is 215 g/mol. The Balaban J connectivity index is 2.10. The van der Waals surface area contributed by atoms with E-state index < -0.39 is 0 Å². The molecular weight excluding hydrogens is 194 g/mol. The molecule has 0 bridgehead atoms. The fourth-order valence-corrected chi connectivity index (χ4v) is 1.94. The van der Waals surface area contributed by atoms with Gasteiger partial charge in [0.2, 0.25) is 0 Å². The predicted octanol–water partition coefficient (Wildman–Crippen LogP) is 1.60. The number of nitrogens with zero attached hydrogens (tertiary/aromatic N) is 1. The number of hydrogen-bond acceptors (Lipinski definition) is 4. The Hall–Kier alpha value is -0.610. The lowest BCUT2D eigenvalue weighted by Gasteiger charge is -2.29. The Bertz CT molecular complexity index is 188. The van der Waals surface area contributed by atoms with Crippen LogP contribution in [-0.4, -0.2) is 37.8 Å². The number of ether oxygens (including phenoxy) is 1. The van der Waals surface area contributed by atoms with Crippen LogP contribution in [0.2, 0.25) is 0 Å². The van der Waals surface area contributed by atoms with E-state index in [1.165, 1.54) is 0 Å². The SMILES string of the molecule is CCOC(=O)CCC1CCN(OC)CC1. The molecule has 4 heteroatoms. The number of rotatable bonds is 5. The highest BCUT2D eigenvalue weighted by Crippen LogP contribution is 2.21. The summed E-state index contributed by atoms with van der Waals surface area (Å²) in [6.45, 7) is 4.28. The van der Waals surface area contributed by atoms with Crippen molar-refractivity contribution in [2.75, 3.05) is 26.8 Å². The molecular formula is C11H21NO3. The molecule has 1 fully saturated rings. The third-order valence-corrected chi connectivity index (χ3v) is 2.89. The summed E-state index contributed by atoms with van der Waals surface area (Å²) in [6.07, 6.45) is 3.75. The minimum absolute atomic E-state index is 0.0633. The van der Waals surface area contributed by atoms with Crippen LogP contribution < -0.4 is 0 Å². The van der Waals surface area contributed by atoms with Crippen LogP contribution in [0.15, 0.2) is 0 Å². The summed E-state index contributed by atoms with van der Waals surface area (Å²) >= 11 is 0.